The third-order valence-electron chi connectivity index (χ3n) is 9.35. The SMILES string of the molecule is CC(=O)O[C@@H]1CC[C@@]2(C)[C@@H](CC[C@H]3[C@H]2C(=O)C[C@]2(C)[C@@H]3C[C@H](Br)[C@@]2(O)C(C)=O)C1. The van der Waals surface area contributed by atoms with Crippen LogP contribution >= 0.6 is 15.9 Å². The van der Waals surface area contributed by atoms with E-state index in [9.17, 15) is 19.5 Å². The number of Topliss-reactive ketones (excluding diaryl/α,β-unsaturated/α-hetero) is 2. The van der Waals surface area contributed by atoms with Crippen molar-refractivity contribution in [3.05, 3.63) is 0 Å². The van der Waals surface area contributed by atoms with E-state index in [4.69, 9.17) is 4.74 Å². The highest BCUT2D eigenvalue weighted by atomic mass is 79.9. The zero-order valence-corrected chi connectivity index (χ0v) is 19.5. The van der Waals surface area contributed by atoms with Gasteiger partial charge in [-0.1, -0.05) is 29.8 Å². The molecule has 0 heterocycles. The summed E-state index contributed by atoms with van der Waals surface area (Å²) >= 11 is 3.61. The predicted molar refractivity (Wildman–Crippen MR) is 111 cm³/mol. The van der Waals surface area contributed by atoms with Gasteiger partial charge in [-0.25, -0.2) is 0 Å². The number of ether oxygens (including phenoxy) is 1. The predicted octanol–water partition coefficient (Wildman–Crippen LogP) is 3.83. The standard InChI is InChI=1S/C23H33BrO5/c1-12(25)23(28)19(24)10-17-16-6-5-14-9-15(29-13(2)26)7-8-21(14,3)20(16)18(27)11-22(17,23)4/h14-17,19-20,28H,5-11H2,1-4H3/t14-,15+,16+,17+,19-,20-,21-,22+,23-/m0/s1. The summed E-state index contributed by atoms with van der Waals surface area (Å²) in [7, 11) is 0. The summed E-state index contributed by atoms with van der Waals surface area (Å²) in [6, 6.07) is 0. The van der Waals surface area contributed by atoms with Gasteiger partial charge in [-0.2, -0.15) is 0 Å². The number of aliphatic hydroxyl groups is 1. The summed E-state index contributed by atoms with van der Waals surface area (Å²) in [5, 5.41) is 11.4. The summed E-state index contributed by atoms with van der Waals surface area (Å²) in [4.78, 5) is 37.2. The Hall–Kier alpha value is -0.750. The van der Waals surface area contributed by atoms with E-state index in [1.807, 2.05) is 6.92 Å². The first kappa shape index (κ1) is 21.5. The first-order valence-corrected chi connectivity index (χ1v) is 11.9. The van der Waals surface area contributed by atoms with Crippen molar-refractivity contribution >= 4 is 33.5 Å². The number of alkyl halides is 1. The fourth-order valence-electron chi connectivity index (χ4n) is 7.97. The molecule has 0 spiro atoms. The molecule has 162 valence electrons. The van der Waals surface area contributed by atoms with Crippen LogP contribution in [0.3, 0.4) is 0 Å². The molecule has 4 saturated carbocycles. The van der Waals surface area contributed by atoms with Crippen molar-refractivity contribution in [1.29, 1.82) is 0 Å². The molecule has 5 nitrogen and oxygen atoms in total. The normalized spacial score (nSPS) is 51.6. The first-order valence-electron chi connectivity index (χ1n) is 11.0. The monoisotopic (exact) mass is 468 g/mol. The van der Waals surface area contributed by atoms with E-state index in [0.717, 1.165) is 38.5 Å². The lowest BCUT2D eigenvalue weighted by atomic mass is 9.44. The molecule has 9 atom stereocenters. The van der Waals surface area contributed by atoms with Crippen molar-refractivity contribution in [2.45, 2.75) is 89.2 Å². The zero-order chi connectivity index (χ0) is 21.4. The van der Waals surface area contributed by atoms with Gasteiger partial charge in [-0.3, -0.25) is 14.4 Å². The summed E-state index contributed by atoms with van der Waals surface area (Å²) in [5.74, 6) is 0.475. The highest BCUT2D eigenvalue weighted by Gasteiger charge is 2.71. The van der Waals surface area contributed by atoms with Crippen LogP contribution in [0.5, 0.6) is 0 Å². The molecule has 4 rings (SSSR count). The zero-order valence-electron chi connectivity index (χ0n) is 17.9. The van der Waals surface area contributed by atoms with E-state index >= 15 is 0 Å². The molecule has 0 aromatic heterocycles. The molecule has 29 heavy (non-hydrogen) atoms. The second kappa shape index (κ2) is 6.88. The fourth-order valence-corrected chi connectivity index (χ4v) is 9.22. The summed E-state index contributed by atoms with van der Waals surface area (Å²) < 4.78 is 5.50. The Morgan fingerprint density at radius 3 is 2.45 bits per heavy atom. The number of carbonyl (C=O) groups excluding carboxylic acids is 3. The lowest BCUT2D eigenvalue weighted by Gasteiger charge is -2.60. The van der Waals surface area contributed by atoms with Crippen LogP contribution in [-0.4, -0.2) is 39.2 Å². The number of ketones is 2. The number of carbonyl (C=O) groups is 3. The molecule has 6 heteroatoms. The van der Waals surface area contributed by atoms with Crippen molar-refractivity contribution < 1.29 is 24.2 Å². The Labute approximate surface area is 181 Å². The quantitative estimate of drug-likeness (QED) is 0.491. The van der Waals surface area contributed by atoms with Gasteiger partial charge in [0.05, 0.1) is 4.83 Å². The van der Waals surface area contributed by atoms with Crippen LogP contribution in [0.4, 0.5) is 0 Å². The minimum absolute atomic E-state index is 0.0217. The molecule has 1 N–H and O–H groups in total. The molecule has 0 aliphatic heterocycles. The Kier molecular flexibility index (Phi) is 5.09. The number of rotatable bonds is 2. The van der Waals surface area contributed by atoms with E-state index in [1.54, 1.807) is 0 Å². The molecule has 4 fully saturated rings. The van der Waals surface area contributed by atoms with Crippen molar-refractivity contribution in [3.8, 4) is 0 Å². The third kappa shape index (κ3) is 2.84. The van der Waals surface area contributed by atoms with Gasteiger partial charge in [-0.15, -0.1) is 0 Å². The van der Waals surface area contributed by atoms with Crippen LogP contribution in [0.1, 0.15) is 72.6 Å². The van der Waals surface area contributed by atoms with Crippen LogP contribution in [0, 0.1) is 34.5 Å². The summed E-state index contributed by atoms with van der Waals surface area (Å²) in [6.07, 6.45) is 5.46. The van der Waals surface area contributed by atoms with E-state index < -0.39 is 11.0 Å². The topological polar surface area (TPSA) is 80.7 Å². The van der Waals surface area contributed by atoms with Crippen molar-refractivity contribution in [1.82, 2.24) is 0 Å². The molecule has 0 unspecified atom stereocenters. The minimum Gasteiger partial charge on any atom is -0.463 e. The summed E-state index contributed by atoms with van der Waals surface area (Å²) in [5.41, 5.74) is -2.27. The highest BCUT2D eigenvalue weighted by Crippen LogP contribution is 2.68. The van der Waals surface area contributed by atoms with Crippen LogP contribution < -0.4 is 0 Å². The van der Waals surface area contributed by atoms with Gasteiger partial charge in [0.2, 0.25) is 0 Å². The minimum atomic E-state index is -1.48. The van der Waals surface area contributed by atoms with Crippen LogP contribution in [0.15, 0.2) is 0 Å². The number of hydrogen-bond donors (Lipinski definition) is 1. The molecule has 0 bridgehead atoms. The molecule has 0 radical (unpaired) electrons. The Balaban J connectivity index is 1.65. The van der Waals surface area contributed by atoms with E-state index in [-0.39, 0.29) is 58.1 Å². The van der Waals surface area contributed by atoms with E-state index in [1.165, 1.54) is 13.8 Å². The first-order chi connectivity index (χ1) is 13.4. The largest absolute Gasteiger partial charge is 0.463 e. The smallest absolute Gasteiger partial charge is 0.302 e. The van der Waals surface area contributed by atoms with Gasteiger partial charge in [0.1, 0.15) is 17.5 Å². The molecular formula is C23H33BrO5. The Morgan fingerprint density at radius 2 is 1.83 bits per heavy atom. The van der Waals surface area contributed by atoms with Gasteiger partial charge < -0.3 is 9.84 Å². The average molecular weight is 469 g/mol. The molecule has 0 amide bonds. The second-order valence-electron chi connectivity index (χ2n) is 10.6. The van der Waals surface area contributed by atoms with Gasteiger partial charge in [-0.05, 0) is 68.6 Å². The summed E-state index contributed by atoms with van der Waals surface area (Å²) in [6.45, 7) is 7.13. The van der Waals surface area contributed by atoms with Gasteiger partial charge in [0.25, 0.3) is 0 Å². The Bertz CT molecular complexity index is 752. The van der Waals surface area contributed by atoms with Crippen molar-refractivity contribution in [3.63, 3.8) is 0 Å². The second-order valence-corrected chi connectivity index (χ2v) is 11.7. The van der Waals surface area contributed by atoms with Crippen molar-refractivity contribution in [2.24, 2.45) is 34.5 Å². The van der Waals surface area contributed by atoms with Crippen molar-refractivity contribution in [2.75, 3.05) is 0 Å². The molecule has 0 aromatic carbocycles. The van der Waals surface area contributed by atoms with Gasteiger partial charge in [0, 0.05) is 24.7 Å². The van der Waals surface area contributed by atoms with Crippen LogP contribution in [0.2, 0.25) is 0 Å². The average Bonchev–Trinajstić information content (AvgIpc) is 2.82. The van der Waals surface area contributed by atoms with Crippen LogP contribution in [0.25, 0.3) is 0 Å². The van der Waals surface area contributed by atoms with E-state index in [2.05, 4.69) is 22.9 Å². The highest BCUT2D eigenvalue weighted by molar-refractivity contribution is 9.09. The molecule has 0 saturated heterocycles. The fraction of sp³-hybridized carbons (Fsp3) is 0.870. The van der Waals surface area contributed by atoms with E-state index in [0.29, 0.717) is 5.92 Å². The number of hydrogen-bond acceptors (Lipinski definition) is 5. The third-order valence-corrected chi connectivity index (χ3v) is 10.4. The maximum Gasteiger partial charge on any atom is 0.302 e. The molecular weight excluding hydrogens is 436 g/mol. The lowest BCUT2D eigenvalue weighted by molar-refractivity contribution is -0.180. The van der Waals surface area contributed by atoms with Gasteiger partial charge in [0.15, 0.2) is 5.78 Å². The number of halogens is 1. The lowest BCUT2D eigenvalue weighted by Crippen LogP contribution is -2.62. The maximum atomic E-state index is 13.6. The molecule has 4 aliphatic rings. The van der Waals surface area contributed by atoms with Gasteiger partial charge >= 0.3 is 5.97 Å². The molecule has 4 aliphatic carbocycles. The maximum absolute atomic E-state index is 13.6. The Morgan fingerprint density at radius 1 is 1.14 bits per heavy atom. The number of fused-ring (bicyclic) bond motifs is 5. The molecule has 0 aromatic rings. The van der Waals surface area contributed by atoms with Crippen LogP contribution in [-0.2, 0) is 19.1 Å². The number of esters is 1.